The Kier molecular flexibility index (Phi) is 4.73. The molecule has 0 fully saturated rings. The van der Waals surface area contributed by atoms with Gasteiger partial charge < -0.3 is 15.2 Å². The first-order valence-electron chi connectivity index (χ1n) is 7.59. The lowest BCUT2D eigenvalue weighted by atomic mass is 10.1. The molecule has 25 heavy (non-hydrogen) atoms. The molecule has 2 aromatic rings. The lowest BCUT2D eigenvalue weighted by Gasteiger charge is -2.15. The number of aryl methyl sites for hydroxylation is 1. The number of hydrogen-bond acceptors (Lipinski definition) is 5. The number of aromatic nitrogens is 2. The molecule has 130 valence electrons. The molecule has 1 aromatic heterocycles. The SMILES string of the molecule is Cc1ccc(C(=O)Nc2nc(=O)n([C@H]3C=C[C@@H](CO)O3)cc2F)cc1. The van der Waals surface area contributed by atoms with Gasteiger partial charge in [0.25, 0.3) is 5.91 Å². The molecule has 2 atom stereocenters. The minimum Gasteiger partial charge on any atom is -0.393 e. The number of hydrogen-bond donors (Lipinski definition) is 2. The summed E-state index contributed by atoms with van der Waals surface area (Å²) in [5, 5.41) is 11.3. The Morgan fingerprint density at radius 2 is 2.08 bits per heavy atom. The van der Waals surface area contributed by atoms with E-state index in [4.69, 9.17) is 9.84 Å². The van der Waals surface area contributed by atoms with Crippen LogP contribution in [0.15, 0.2) is 47.4 Å². The number of carbonyl (C=O) groups excluding carboxylic acids is 1. The number of rotatable bonds is 4. The van der Waals surface area contributed by atoms with Crippen LogP contribution >= 0.6 is 0 Å². The Bertz CT molecular complexity index is 876. The molecule has 2 N–H and O–H groups in total. The molecule has 0 saturated heterocycles. The molecule has 0 radical (unpaired) electrons. The van der Waals surface area contributed by atoms with Gasteiger partial charge in [0.1, 0.15) is 6.10 Å². The Hall–Kier alpha value is -2.84. The maximum absolute atomic E-state index is 14.2. The van der Waals surface area contributed by atoms with Gasteiger partial charge in [-0.05, 0) is 25.1 Å². The van der Waals surface area contributed by atoms with Crippen LogP contribution in [-0.2, 0) is 4.74 Å². The summed E-state index contributed by atoms with van der Waals surface area (Å²) in [5.74, 6) is -1.89. The molecule has 3 rings (SSSR count). The maximum atomic E-state index is 14.2. The minimum absolute atomic E-state index is 0.248. The second-order valence-electron chi connectivity index (χ2n) is 5.58. The number of nitrogens with zero attached hydrogens (tertiary/aromatic N) is 2. The van der Waals surface area contributed by atoms with Crippen molar-refractivity contribution in [3.63, 3.8) is 0 Å². The summed E-state index contributed by atoms with van der Waals surface area (Å²) in [6, 6.07) is 6.68. The van der Waals surface area contributed by atoms with Gasteiger partial charge in [0.2, 0.25) is 0 Å². The van der Waals surface area contributed by atoms with E-state index in [0.717, 1.165) is 16.3 Å². The maximum Gasteiger partial charge on any atom is 0.352 e. The van der Waals surface area contributed by atoms with Crippen molar-refractivity contribution in [2.24, 2.45) is 0 Å². The molecule has 2 heterocycles. The summed E-state index contributed by atoms with van der Waals surface area (Å²) in [7, 11) is 0. The van der Waals surface area contributed by atoms with E-state index in [-0.39, 0.29) is 6.61 Å². The number of amides is 1. The predicted octanol–water partition coefficient (Wildman–Crippen LogP) is 1.39. The number of carbonyl (C=O) groups is 1. The molecule has 0 bridgehead atoms. The number of anilines is 1. The van der Waals surface area contributed by atoms with Gasteiger partial charge in [0.15, 0.2) is 17.9 Å². The largest absolute Gasteiger partial charge is 0.393 e. The summed E-state index contributed by atoms with van der Waals surface area (Å²) in [6.45, 7) is 1.63. The molecule has 1 aromatic carbocycles. The summed E-state index contributed by atoms with van der Waals surface area (Å²) in [4.78, 5) is 27.8. The van der Waals surface area contributed by atoms with Gasteiger partial charge in [-0.3, -0.25) is 9.36 Å². The van der Waals surface area contributed by atoms with Crippen LogP contribution in [-0.4, -0.2) is 33.3 Å². The molecule has 0 spiro atoms. The van der Waals surface area contributed by atoms with Crippen LogP contribution in [0.1, 0.15) is 22.1 Å². The monoisotopic (exact) mass is 345 g/mol. The molecular formula is C17H16FN3O4. The first-order chi connectivity index (χ1) is 12.0. The van der Waals surface area contributed by atoms with Gasteiger partial charge in [-0.1, -0.05) is 23.8 Å². The van der Waals surface area contributed by atoms with E-state index in [0.29, 0.717) is 5.56 Å². The van der Waals surface area contributed by atoms with Crippen molar-refractivity contribution in [2.45, 2.75) is 19.3 Å². The number of halogens is 1. The van der Waals surface area contributed by atoms with Gasteiger partial charge in [-0.2, -0.15) is 4.98 Å². The molecule has 0 aliphatic carbocycles. The predicted molar refractivity (Wildman–Crippen MR) is 87.7 cm³/mol. The van der Waals surface area contributed by atoms with Crippen molar-refractivity contribution in [3.8, 4) is 0 Å². The van der Waals surface area contributed by atoms with Gasteiger partial charge in [0.05, 0.1) is 12.8 Å². The van der Waals surface area contributed by atoms with Crippen LogP contribution in [0.3, 0.4) is 0 Å². The Labute approximate surface area is 142 Å². The third-order valence-corrected chi connectivity index (χ3v) is 3.71. The van der Waals surface area contributed by atoms with Crippen LogP contribution < -0.4 is 11.0 Å². The number of ether oxygens (including phenoxy) is 1. The topological polar surface area (TPSA) is 93.5 Å². The second-order valence-corrected chi connectivity index (χ2v) is 5.58. The zero-order valence-electron chi connectivity index (χ0n) is 13.3. The average molecular weight is 345 g/mol. The summed E-state index contributed by atoms with van der Waals surface area (Å²) < 4.78 is 20.5. The van der Waals surface area contributed by atoms with Crippen molar-refractivity contribution in [1.82, 2.24) is 9.55 Å². The van der Waals surface area contributed by atoms with Crippen molar-refractivity contribution in [2.75, 3.05) is 11.9 Å². The normalized spacial score (nSPS) is 19.2. The first-order valence-corrected chi connectivity index (χ1v) is 7.59. The fourth-order valence-electron chi connectivity index (χ4n) is 2.35. The van der Waals surface area contributed by atoms with Crippen molar-refractivity contribution in [1.29, 1.82) is 0 Å². The molecule has 0 unspecified atom stereocenters. The summed E-state index contributed by atoms with van der Waals surface area (Å²) in [6.07, 6.45) is 2.60. The van der Waals surface area contributed by atoms with Gasteiger partial charge >= 0.3 is 5.69 Å². The van der Waals surface area contributed by atoms with Crippen LogP contribution in [0.4, 0.5) is 10.2 Å². The Morgan fingerprint density at radius 3 is 2.72 bits per heavy atom. The van der Waals surface area contributed by atoms with E-state index in [2.05, 4.69) is 10.3 Å². The molecule has 0 saturated carbocycles. The highest BCUT2D eigenvalue weighted by Crippen LogP contribution is 2.20. The van der Waals surface area contributed by atoms with Crippen LogP contribution in [0.2, 0.25) is 0 Å². The lowest BCUT2D eigenvalue weighted by Crippen LogP contribution is -2.30. The van der Waals surface area contributed by atoms with Gasteiger partial charge in [0, 0.05) is 5.56 Å². The smallest absolute Gasteiger partial charge is 0.352 e. The molecule has 8 heteroatoms. The van der Waals surface area contributed by atoms with Gasteiger partial charge in [-0.15, -0.1) is 0 Å². The quantitative estimate of drug-likeness (QED) is 0.817. The van der Waals surface area contributed by atoms with Crippen LogP contribution in [0.25, 0.3) is 0 Å². The Balaban J connectivity index is 1.81. The van der Waals surface area contributed by atoms with Gasteiger partial charge in [-0.25, -0.2) is 9.18 Å². The standard InChI is InChI=1S/C17H16FN3O4/c1-10-2-4-11(5-3-10)16(23)19-15-13(18)8-21(17(24)20-15)14-7-6-12(9-22)25-14/h2-8,12,14,22H,9H2,1H3,(H,19,20,23,24)/t12-,14+/m0/s1. The first kappa shape index (κ1) is 17.0. The number of aliphatic hydroxyl groups is 1. The zero-order valence-corrected chi connectivity index (χ0v) is 13.3. The molecule has 1 amide bonds. The third-order valence-electron chi connectivity index (χ3n) is 3.71. The van der Waals surface area contributed by atoms with E-state index in [1.54, 1.807) is 30.3 Å². The fraction of sp³-hybridized carbons (Fsp3) is 0.235. The van der Waals surface area contributed by atoms with Crippen molar-refractivity contribution < 1.29 is 19.0 Å². The van der Waals surface area contributed by atoms with E-state index in [9.17, 15) is 14.0 Å². The van der Waals surface area contributed by atoms with E-state index >= 15 is 0 Å². The van der Waals surface area contributed by atoms with Crippen LogP contribution in [0, 0.1) is 12.7 Å². The summed E-state index contributed by atoms with van der Waals surface area (Å²) in [5.41, 5.74) is 0.520. The second kappa shape index (κ2) is 6.96. The fourth-order valence-corrected chi connectivity index (χ4v) is 2.35. The number of aliphatic hydroxyl groups excluding tert-OH is 1. The van der Waals surface area contributed by atoms with E-state index in [1.165, 1.54) is 6.08 Å². The number of nitrogens with one attached hydrogen (secondary N) is 1. The average Bonchev–Trinajstić information content (AvgIpc) is 3.07. The lowest BCUT2D eigenvalue weighted by molar-refractivity contribution is -0.0106. The molecule has 1 aliphatic heterocycles. The van der Waals surface area contributed by atoms with Crippen LogP contribution in [0.5, 0.6) is 0 Å². The van der Waals surface area contributed by atoms with E-state index in [1.807, 2.05) is 6.92 Å². The highest BCUT2D eigenvalue weighted by Gasteiger charge is 2.23. The molecule has 7 nitrogen and oxygen atoms in total. The third kappa shape index (κ3) is 3.65. The highest BCUT2D eigenvalue weighted by molar-refractivity contribution is 6.03. The Morgan fingerprint density at radius 1 is 1.36 bits per heavy atom. The van der Waals surface area contributed by atoms with Crippen molar-refractivity contribution >= 4 is 11.7 Å². The van der Waals surface area contributed by atoms with Crippen molar-refractivity contribution in [3.05, 3.63) is 70.0 Å². The zero-order chi connectivity index (χ0) is 18.0. The minimum atomic E-state index is -0.871. The van der Waals surface area contributed by atoms with E-state index < -0.39 is 35.6 Å². The highest BCUT2D eigenvalue weighted by atomic mass is 19.1. The molecule has 1 aliphatic rings. The summed E-state index contributed by atoms with van der Waals surface area (Å²) >= 11 is 0. The number of benzene rings is 1. The molecular weight excluding hydrogens is 329 g/mol.